The molecule has 4 nitrogen and oxygen atoms in total. The lowest BCUT2D eigenvalue weighted by Gasteiger charge is -2.35. The van der Waals surface area contributed by atoms with Crippen LogP contribution < -0.4 is 11.1 Å². The van der Waals surface area contributed by atoms with Crippen molar-refractivity contribution in [3.05, 3.63) is 0 Å². The van der Waals surface area contributed by atoms with Crippen LogP contribution in [0, 0.1) is 5.41 Å². The van der Waals surface area contributed by atoms with Gasteiger partial charge >= 0.3 is 0 Å². The Bertz CT molecular complexity index is 218. The Morgan fingerprint density at radius 3 is 2.50 bits per heavy atom. The molecule has 1 amide bonds. The predicted octanol–water partition coefficient (Wildman–Crippen LogP) is 1.08. The summed E-state index contributed by atoms with van der Waals surface area (Å²) in [6.45, 7) is 5.78. The SMILES string of the molecule is CCC(C)NC(=O)C1(CN)CCOCC1.Cl. The summed E-state index contributed by atoms with van der Waals surface area (Å²) in [6, 6.07) is 0.226. The highest BCUT2D eigenvalue weighted by molar-refractivity contribution is 5.85. The van der Waals surface area contributed by atoms with E-state index in [-0.39, 0.29) is 29.8 Å². The fraction of sp³-hybridized carbons (Fsp3) is 0.909. The second-order valence-corrected chi connectivity index (χ2v) is 4.38. The van der Waals surface area contributed by atoms with E-state index >= 15 is 0 Å². The molecule has 0 aromatic heterocycles. The third-order valence-corrected chi connectivity index (χ3v) is 3.31. The Hall–Kier alpha value is -0.320. The van der Waals surface area contributed by atoms with Crippen LogP contribution in [0.1, 0.15) is 33.1 Å². The second-order valence-electron chi connectivity index (χ2n) is 4.38. The summed E-state index contributed by atoms with van der Waals surface area (Å²) in [4.78, 5) is 12.1. The maximum atomic E-state index is 12.1. The zero-order valence-electron chi connectivity index (χ0n) is 10.1. The van der Waals surface area contributed by atoms with E-state index in [4.69, 9.17) is 10.5 Å². The van der Waals surface area contributed by atoms with Gasteiger partial charge in [0.2, 0.25) is 5.91 Å². The highest BCUT2D eigenvalue weighted by Crippen LogP contribution is 2.29. The standard InChI is InChI=1S/C11H22N2O2.ClH/c1-3-9(2)13-10(14)11(8-12)4-6-15-7-5-11;/h9H,3-8,12H2,1-2H3,(H,13,14);1H. The number of hydrogen-bond acceptors (Lipinski definition) is 3. The van der Waals surface area contributed by atoms with Crippen LogP contribution in [-0.4, -0.2) is 31.7 Å². The Balaban J connectivity index is 0.00000225. The molecule has 1 aliphatic rings. The van der Waals surface area contributed by atoms with Crippen LogP contribution >= 0.6 is 12.4 Å². The van der Waals surface area contributed by atoms with Crippen LogP contribution in [0.4, 0.5) is 0 Å². The highest BCUT2D eigenvalue weighted by atomic mass is 35.5. The Kier molecular flexibility index (Phi) is 6.95. The fourth-order valence-electron chi connectivity index (χ4n) is 1.76. The largest absolute Gasteiger partial charge is 0.381 e. The van der Waals surface area contributed by atoms with Gasteiger partial charge in [0.25, 0.3) is 0 Å². The van der Waals surface area contributed by atoms with Gasteiger partial charge in [0.05, 0.1) is 5.41 Å². The normalized spacial score (nSPS) is 20.7. The topological polar surface area (TPSA) is 64.4 Å². The molecule has 1 saturated heterocycles. The molecule has 0 aromatic carbocycles. The number of amides is 1. The molecule has 0 saturated carbocycles. The molecule has 0 spiro atoms. The Morgan fingerprint density at radius 2 is 2.06 bits per heavy atom. The molecule has 0 aromatic rings. The average Bonchev–Trinajstić information content (AvgIpc) is 2.29. The average molecular weight is 251 g/mol. The van der Waals surface area contributed by atoms with E-state index in [9.17, 15) is 4.79 Å². The lowest BCUT2D eigenvalue weighted by atomic mass is 9.79. The van der Waals surface area contributed by atoms with Gasteiger partial charge in [0, 0.05) is 25.8 Å². The molecule has 1 aliphatic heterocycles. The summed E-state index contributed by atoms with van der Waals surface area (Å²) >= 11 is 0. The maximum Gasteiger partial charge on any atom is 0.227 e. The molecule has 3 N–H and O–H groups in total. The smallest absolute Gasteiger partial charge is 0.227 e. The molecule has 0 radical (unpaired) electrons. The van der Waals surface area contributed by atoms with Crippen LogP contribution in [0.25, 0.3) is 0 Å². The highest BCUT2D eigenvalue weighted by Gasteiger charge is 2.38. The molecule has 5 heteroatoms. The number of nitrogens with two attached hydrogens (primary N) is 1. The summed E-state index contributed by atoms with van der Waals surface area (Å²) < 4.78 is 5.27. The van der Waals surface area contributed by atoms with Crippen molar-refractivity contribution in [3.8, 4) is 0 Å². The van der Waals surface area contributed by atoms with Gasteiger partial charge in [-0.15, -0.1) is 12.4 Å². The van der Waals surface area contributed by atoms with Gasteiger partial charge in [-0.3, -0.25) is 4.79 Å². The fourth-order valence-corrected chi connectivity index (χ4v) is 1.76. The van der Waals surface area contributed by atoms with E-state index in [1.165, 1.54) is 0 Å². The number of carbonyl (C=O) groups is 1. The van der Waals surface area contributed by atoms with Gasteiger partial charge in [-0.05, 0) is 26.2 Å². The third-order valence-electron chi connectivity index (χ3n) is 3.31. The van der Waals surface area contributed by atoms with E-state index < -0.39 is 0 Å². The number of rotatable bonds is 4. The zero-order chi connectivity index (χ0) is 11.3. The molecule has 1 atom stereocenters. The Morgan fingerprint density at radius 1 is 1.50 bits per heavy atom. The Labute approximate surface area is 104 Å². The number of nitrogens with one attached hydrogen (secondary N) is 1. The molecule has 96 valence electrons. The number of halogens is 1. The van der Waals surface area contributed by atoms with E-state index in [0.29, 0.717) is 19.8 Å². The van der Waals surface area contributed by atoms with E-state index in [1.807, 2.05) is 6.92 Å². The lowest BCUT2D eigenvalue weighted by Crippen LogP contribution is -2.51. The van der Waals surface area contributed by atoms with Gasteiger partial charge in [-0.25, -0.2) is 0 Å². The molecule has 0 bridgehead atoms. The van der Waals surface area contributed by atoms with Crippen LogP contribution in [0.15, 0.2) is 0 Å². The maximum absolute atomic E-state index is 12.1. The minimum atomic E-state index is -0.387. The van der Waals surface area contributed by atoms with Crippen LogP contribution in [0.5, 0.6) is 0 Å². The third kappa shape index (κ3) is 3.61. The van der Waals surface area contributed by atoms with Gasteiger partial charge in [0.1, 0.15) is 0 Å². The van der Waals surface area contributed by atoms with Crippen molar-refractivity contribution >= 4 is 18.3 Å². The first-order valence-corrected chi connectivity index (χ1v) is 5.73. The molecular weight excluding hydrogens is 228 g/mol. The molecule has 0 aliphatic carbocycles. The number of ether oxygens (including phenoxy) is 1. The predicted molar refractivity (Wildman–Crippen MR) is 66.7 cm³/mol. The summed E-state index contributed by atoms with van der Waals surface area (Å²) in [7, 11) is 0. The van der Waals surface area contributed by atoms with Crippen molar-refractivity contribution in [3.63, 3.8) is 0 Å². The summed E-state index contributed by atoms with van der Waals surface area (Å²) in [5.41, 5.74) is 5.35. The lowest BCUT2D eigenvalue weighted by molar-refractivity contribution is -0.136. The van der Waals surface area contributed by atoms with E-state index in [2.05, 4.69) is 12.2 Å². The van der Waals surface area contributed by atoms with Crippen molar-refractivity contribution in [2.45, 2.75) is 39.2 Å². The summed E-state index contributed by atoms with van der Waals surface area (Å²) in [5.74, 6) is 0.0997. The van der Waals surface area contributed by atoms with E-state index in [0.717, 1.165) is 19.3 Å². The molecule has 1 unspecified atom stereocenters. The first kappa shape index (κ1) is 15.7. The molecular formula is C11H23ClN2O2. The quantitative estimate of drug-likeness (QED) is 0.785. The van der Waals surface area contributed by atoms with Gasteiger partial charge in [-0.1, -0.05) is 6.92 Å². The van der Waals surface area contributed by atoms with Crippen molar-refractivity contribution in [2.24, 2.45) is 11.1 Å². The van der Waals surface area contributed by atoms with Crippen molar-refractivity contribution in [1.82, 2.24) is 5.32 Å². The minimum absolute atomic E-state index is 0. The monoisotopic (exact) mass is 250 g/mol. The van der Waals surface area contributed by atoms with Gasteiger partial charge < -0.3 is 15.8 Å². The van der Waals surface area contributed by atoms with Crippen LogP contribution in [0.3, 0.4) is 0 Å². The number of carbonyl (C=O) groups excluding carboxylic acids is 1. The summed E-state index contributed by atoms with van der Waals surface area (Å²) in [5, 5.41) is 3.02. The zero-order valence-corrected chi connectivity index (χ0v) is 10.9. The number of hydrogen-bond donors (Lipinski definition) is 2. The first-order chi connectivity index (χ1) is 7.14. The molecule has 1 heterocycles. The van der Waals surface area contributed by atoms with Crippen molar-refractivity contribution < 1.29 is 9.53 Å². The molecule has 1 fully saturated rings. The van der Waals surface area contributed by atoms with Crippen LogP contribution in [-0.2, 0) is 9.53 Å². The van der Waals surface area contributed by atoms with Crippen molar-refractivity contribution in [1.29, 1.82) is 0 Å². The first-order valence-electron chi connectivity index (χ1n) is 5.73. The van der Waals surface area contributed by atoms with E-state index in [1.54, 1.807) is 0 Å². The van der Waals surface area contributed by atoms with Gasteiger partial charge in [0.15, 0.2) is 0 Å². The van der Waals surface area contributed by atoms with Crippen molar-refractivity contribution in [2.75, 3.05) is 19.8 Å². The van der Waals surface area contributed by atoms with Crippen LogP contribution in [0.2, 0.25) is 0 Å². The minimum Gasteiger partial charge on any atom is -0.381 e. The molecule has 16 heavy (non-hydrogen) atoms. The molecule has 1 rings (SSSR count). The summed E-state index contributed by atoms with van der Waals surface area (Å²) in [6.07, 6.45) is 2.43. The van der Waals surface area contributed by atoms with Gasteiger partial charge in [-0.2, -0.15) is 0 Å². The second kappa shape index (κ2) is 7.09.